The number of hydrogen-bond acceptors (Lipinski definition) is 15. The molecule has 0 bridgehead atoms. The van der Waals surface area contributed by atoms with Gasteiger partial charge >= 0.3 is 39.5 Å². The van der Waals surface area contributed by atoms with Gasteiger partial charge in [0.2, 0.25) is 0 Å². The number of phosphoric ester groups is 2. The fraction of sp³-hybridized carbons (Fsp3) is 0.626. The second-order valence-corrected chi connectivity index (χ2v) is 30.2. The standard InChI is InChI=1S/C91H148O17P2/c1-5-9-13-17-21-25-29-33-36-39-42-45-48-52-56-60-64-68-72-76-89(94)102-82-87(108-91(96)78-74-70-66-62-58-54-50-47-44-41-38-35-31-27-23-19-15-11-7-3)84-106-110(99,100)104-80-85(92)79-103-109(97,98)105-83-86(81-101-88(93)75-71-67-63-59-55-51-32-28-24-20-16-12-8-4)107-90(95)77-73-69-65-61-57-53-49-46-43-40-37-34-30-26-22-18-14-10-6-2/h9,13,21-23,25-27,33-38,42-47,52-54,56-58,65-66,69-70,85-87,92H,5-8,10-12,14-20,24,28-32,39-41,48-51,55,59-64,67-68,71-84H2,1-4H3,(H,97,98)(H,99,100)/b13-9-,25-21-,26-22-,27-23-,36-33-,37-34-,38-35-,45-42-,46-43-,47-44-,56-52-,57-53-,58-54-,69-65-,70-66-/t85-,86+,87+/m0/s1. The van der Waals surface area contributed by atoms with Gasteiger partial charge in [0.15, 0.2) is 12.2 Å². The lowest BCUT2D eigenvalue weighted by Crippen LogP contribution is -2.30. The summed E-state index contributed by atoms with van der Waals surface area (Å²) in [4.78, 5) is 73.1. The zero-order chi connectivity index (χ0) is 80.3. The van der Waals surface area contributed by atoms with E-state index < -0.39 is 97.5 Å². The zero-order valence-corrected chi connectivity index (χ0v) is 70.1. The topological polar surface area (TPSA) is 237 Å². The Morgan fingerprint density at radius 1 is 0.264 bits per heavy atom. The lowest BCUT2D eigenvalue weighted by molar-refractivity contribution is -0.161. The fourth-order valence-electron chi connectivity index (χ4n) is 10.5. The van der Waals surface area contributed by atoms with Crippen LogP contribution in [0.5, 0.6) is 0 Å². The number of rotatable bonds is 77. The number of unbranched alkanes of at least 4 members (excludes halogenated alkanes) is 21. The van der Waals surface area contributed by atoms with Crippen molar-refractivity contribution in [2.24, 2.45) is 0 Å². The molecule has 0 heterocycles. The summed E-state index contributed by atoms with van der Waals surface area (Å²) in [6, 6.07) is 0. The average molecular weight is 1580 g/mol. The SMILES string of the molecule is CC/C=C\C/C=C\C/C=C\C/C=C\C/C=C\CCCCCC(=O)OC[C@H](COP(=O)(O)OC[C@@H](O)COP(=O)(O)OC[C@@H](COC(=O)CCCCCCCCCCCCCCC)OC(=O)CC/C=C\C/C=C\C/C=C\C/C=C\C/C=C\CCCCC)OC(=O)CC/C=C\C/C=C\C/C=C\C/C=C\C/C=C\CCCCC. The van der Waals surface area contributed by atoms with E-state index in [1.54, 1.807) is 0 Å². The molecule has 5 atom stereocenters. The van der Waals surface area contributed by atoms with Gasteiger partial charge in [0.05, 0.1) is 26.4 Å². The molecular formula is C91H148O17P2. The molecule has 19 heteroatoms. The highest BCUT2D eigenvalue weighted by atomic mass is 31.2. The molecule has 17 nitrogen and oxygen atoms in total. The Balaban J connectivity index is 5.56. The van der Waals surface area contributed by atoms with Crippen molar-refractivity contribution in [2.45, 2.75) is 329 Å². The van der Waals surface area contributed by atoms with Crippen LogP contribution in [-0.2, 0) is 65.4 Å². The number of carbonyl (C=O) groups excluding carboxylic acids is 4. The van der Waals surface area contributed by atoms with Crippen LogP contribution in [0.15, 0.2) is 182 Å². The van der Waals surface area contributed by atoms with Gasteiger partial charge in [-0.3, -0.25) is 37.3 Å². The highest BCUT2D eigenvalue weighted by Gasteiger charge is 2.30. The van der Waals surface area contributed by atoms with Crippen LogP contribution in [0.25, 0.3) is 0 Å². The Kier molecular flexibility index (Phi) is 76.9. The molecule has 0 aromatic carbocycles. The van der Waals surface area contributed by atoms with Crippen LogP contribution in [0.1, 0.15) is 310 Å². The third-order valence-corrected chi connectivity index (χ3v) is 18.8. The first kappa shape index (κ1) is 104. The monoisotopic (exact) mass is 1580 g/mol. The maximum atomic E-state index is 13.1. The average Bonchev–Trinajstić information content (AvgIpc) is 0.906. The molecule has 0 aromatic rings. The summed E-state index contributed by atoms with van der Waals surface area (Å²) in [5.74, 6) is -2.41. The molecule has 0 aliphatic rings. The van der Waals surface area contributed by atoms with Gasteiger partial charge in [0, 0.05) is 25.7 Å². The van der Waals surface area contributed by atoms with Gasteiger partial charge in [0.25, 0.3) is 0 Å². The summed E-state index contributed by atoms with van der Waals surface area (Å²) in [7, 11) is -10.0. The van der Waals surface area contributed by atoms with Crippen molar-refractivity contribution in [3.8, 4) is 0 Å². The van der Waals surface area contributed by atoms with E-state index in [9.17, 15) is 43.2 Å². The van der Waals surface area contributed by atoms with Crippen molar-refractivity contribution in [2.75, 3.05) is 39.6 Å². The lowest BCUT2D eigenvalue weighted by Gasteiger charge is -2.21. The fourth-order valence-corrected chi connectivity index (χ4v) is 12.1. The molecule has 110 heavy (non-hydrogen) atoms. The number of phosphoric acid groups is 2. The maximum absolute atomic E-state index is 13.1. The third-order valence-electron chi connectivity index (χ3n) is 16.9. The number of aliphatic hydroxyl groups excluding tert-OH is 1. The molecule has 0 spiro atoms. The number of ether oxygens (including phenoxy) is 4. The van der Waals surface area contributed by atoms with Gasteiger partial charge in [0.1, 0.15) is 19.3 Å². The highest BCUT2D eigenvalue weighted by molar-refractivity contribution is 7.47. The summed E-state index contributed by atoms with van der Waals surface area (Å²) in [6.07, 6.45) is 98.9. The smallest absolute Gasteiger partial charge is 0.462 e. The predicted molar refractivity (Wildman–Crippen MR) is 454 cm³/mol. The Morgan fingerprint density at radius 3 is 0.782 bits per heavy atom. The molecule has 0 saturated heterocycles. The first-order valence-electron chi connectivity index (χ1n) is 42.0. The molecular weight excluding hydrogens is 1430 g/mol. The van der Waals surface area contributed by atoms with Gasteiger partial charge in [-0.15, -0.1) is 0 Å². The number of aliphatic hydroxyl groups is 1. The van der Waals surface area contributed by atoms with Gasteiger partial charge < -0.3 is 33.8 Å². The number of hydrogen-bond donors (Lipinski definition) is 3. The van der Waals surface area contributed by atoms with E-state index in [0.717, 1.165) is 128 Å². The van der Waals surface area contributed by atoms with E-state index in [4.69, 9.17) is 37.0 Å². The summed E-state index contributed by atoms with van der Waals surface area (Å²) in [6.45, 7) is 4.50. The van der Waals surface area contributed by atoms with E-state index >= 15 is 0 Å². The van der Waals surface area contributed by atoms with Gasteiger partial charge in [-0.2, -0.15) is 0 Å². The largest absolute Gasteiger partial charge is 0.472 e. The minimum absolute atomic E-state index is 0.0352. The second-order valence-electron chi connectivity index (χ2n) is 27.3. The minimum Gasteiger partial charge on any atom is -0.462 e. The van der Waals surface area contributed by atoms with Crippen molar-refractivity contribution in [1.82, 2.24) is 0 Å². The van der Waals surface area contributed by atoms with Crippen LogP contribution in [0.4, 0.5) is 0 Å². The van der Waals surface area contributed by atoms with E-state index in [0.29, 0.717) is 38.5 Å². The molecule has 0 fully saturated rings. The third kappa shape index (κ3) is 80.2. The number of allylic oxidation sites excluding steroid dienone is 30. The van der Waals surface area contributed by atoms with Gasteiger partial charge in [-0.05, 0) is 148 Å². The molecule has 0 amide bonds. The van der Waals surface area contributed by atoms with Gasteiger partial charge in [-0.25, -0.2) is 9.13 Å². The summed E-state index contributed by atoms with van der Waals surface area (Å²) in [5, 5.41) is 10.7. The number of carbonyl (C=O) groups is 4. The van der Waals surface area contributed by atoms with Crippen LogP contribution in [0.2, 0.25) is 0 Å². The van der Waals surface area contributed by atoms with Crippen molar-refractivity contribution < 1.29 is 80.2 Å². The first-order valence-corrected chi connectivity index (χ1v) is 45.0. The van der Waals surface area contributed by atoms with E-state index in [1.807, 2.05) is 36.5 Å². The predicted octanol–water partition coefficient (Wildman–Crippen LogP) is 25.1. The van der Waals surface area contributed by atoms with Gasteiger partial charge in [-0.1, -0.05) is 319 Å². The maximum Gasteiger partial charge on any atom is 0.472 e. The molecule has 0 saturated carbocycles. The van der Waals surface area contributed by atoms with Crippen LogP contribution < -0.4 is 0 Å². The summed E-state index contributed by atoms with van der Waals surface area (Å²) >= 11 is 0. The molecule has 0 radical (unpaired) electrons. The first-order chi connectivity index (χ1) is 53.7. The van der Waals surface area contributed by atoms with Crippen LogP contribution in [-0.4, -0.2) is 96.7 Å². The summed E-state index contributed by atoms with van der Waals surface area (Å²) in [5.41, 5.74) is 0. The Labute approximate surface area is 666 Å². The van der Waals surface area contributed by atoms with E-state index in [2.05, 4.69) is 174 Å². The Morgan fingerprint density at radius 2 is 0.491 bits per heavy atom. The minimum atomic E-state index is -5.02. The second kappa shape index (κ2) is 81.2. The highest BCUT2D eigenvalue weighted by Crippen LogP contribution is 2.45. The van der Waals surface area contributed by atoms with Crippen LogP contribution in [0, 0.1) is 0 Å². The molecule has 624 valence electrons. The quantitative estimate of drug-likeness (QED) is 0.0169. The Bertz CT molecular complexity index is 2800. The zero-order valence-electron chi connectivity index (χ0n) is 68.4. The molecule has 3 N–H and O–H groups in total. The Hall–Kier alpha value is -5.84. The normalized spacial score (nSPS) is 14.7. The molecule has 0 aromatic heterocycles. The molecule has 0 rings (SSSR count). The van der Waals surface area contributed by atoms with Crippen molar-refractivity contribution >= 4 is 39.5 Å². The lowest BCUT2D eigenvalue weighted by atomic mass is 10.0. The molecule has 2 unspecified atom stereocenters. The number of esters is 4. The van der Waals surface area contributed by atoms with Crippen molar-refractivity contribution in [3.63, 3.8) is 0 Å². The van der Waals surface area contributed by atoms with E-state index in [1.165, 1.54) is 89.9 Å². The molecule has 0 aliphatic carbocycles. The van der Waals surface area contributed by atoms with Crippen LogP contribution in [0.3, 0.4) is 0 Å². The van der Waals surface area contributed by atoms with E-state index in [-0.39, 0.29) is 25.7 Å². The molecule has 0 aliphatic heterocycles. The van der Waals surface area contributed by atoms with Crippen LogP contribution >= 0.6 is 15.6 Å². The van der Waals surface area contributed by atoms with Crippen molar-refractivity contribution in [3.05, 3.63) is 182 Å². The summed E-state index contributed by atoms with van der Waals surface area (Å²) < 4.78 is 68.5. The van der Waals surface area contributed by atoms with Crippen molar-refractivity contribution in [1.29, 1.82) is 0 Å².